The molecule has 0 radical (unpaired) electrons. The van der Waals surface area contributed by atoms with E-state index in [9.17, 15) is 18.0 Å². The van der Waals surface area contributed by atoms with Gasteiger partial charge in [-0.15, -0.1) is 11.3 Å². The Hall–Kier alpha value is -1.69. The smallest absolute Gasteiger partial charge is 0.288 e. The van der Waals surface area contributed by atoms with Crippen molar-refractivity contribution in [2.75, 3.05) is 0 Å². The van der Waals surface area contributed by atoms with Crippen LogP contribution in [0.25, 0.3) is 0 Å². The molecule has 2 nitrogen and oxygen atoms in total. The Labute approximate surface area is 111 Å². The number of carbonyl (C=O) groups excluding carboxylic acids is 1. The van der Waals surface area contributed by atoms with Gasteiger partial charge in [-0.3, -0.25) is 4.79 Å². The zero-order valence-electron chi connectivity index (χ0n) is 10.2. The van der Waals surface area contributed by atoms with Gasteiger partial charge in [-0.1, -0.05) is 12.1 Å². The second-order valence-electron chi connectivity index (χ2n) is 4.16. The molecule has 0 aliphatic rings. The molecule has 0 spiro atoms. The standard InChI is InChI=1S/C13H10F3NOS/c1-7-3-4-9(5-8(7)2)11(18)10-6-17-12(19-10)13(14,15)16/h3-6H,1-2H3. The maximum Gasteiger partial charge on any atom is 0.443 e. The topological polar surface area (TPSA) is 30.0 Å². The number of hydrogen-bond acceptors (Lipinski definition) is 3. The Kier molecular flexibility index (Phi) is 3.45. The number of benzene rings is 1. The third-order valence-electron chi connectivity index (χ3n) is 2.74. The van der Waals surface area contributed by atoms with E-state index in [4.69, 9.17) is 0 Å². The van der Waals surface area contributed by atoms with E-state index < -0.39 is 17.0 Å². The van der Waals surface area contributed by atoms with Crippen LogP contribution in [0.1, 0.15) is 31.4 Å². The van der Waals surface area contributed by atoms with E-state index in [0.717, 1.165) is 17.3 Å². The molecule has 6 heteroatoms. The Morgan fingerprint density at radius 2 is 1.89 bits per heavy atom. The molecule has 0 bridgehead atoms. The summed E-state index contributed by atoms with van der Waals surface area (Å²) in [6.45, 7) is 3.75. The maximum absolute atomic E-state index is 12.4. The fourth-order valence-corrected chi connectivity index (χ4v) is 2.28. The lowest BCUT2D eigenvalue weighted by molar-refractivity contribution is -0.137. The second kappa shape index (κ2) is 4.77. The highest BCUT2D eigenvalue weighted by atomic mass is 32.1. The average molecular weight is 285 g/mol. The Morgan fingerprint density at radius 3 is 2.42 bits per heavy atom. The van der Waals surface area contributed by atoms with Crippen molar-refractivity contribution >= 4 is 17.1 Å². The summed E-state index contributed by atoms with van der Waals surface area (Å²) in [5.41, 5.74) is 2.32. The van der Waals surface area contributed by atoms with Crippen LogP contribution in [0.5, 0.6) is 0 Å². The van der Waals surface area contributed by atoms with Crippen LogP contribution in [0.3, 0.4) is 0 Å². The number of halogens is 3. The molecule has 0 amide bonds. The molecule has 1 aromatic carbocycles. The molecule has 1 heterocycles. The molecule has 0 aliphatic carbocycles. The molecule has 1 aromatic heterocycles. The van der Waals surface area contributed by atoms with Crippen LogP contribution in [-0.2, 0) is 6.18 Å². The van der Waals surface area contributed by atoms with Gasteiger partial charge in [0.25, 0.3) is 0 Å². The number of nitrogens with zero attached hydrogens (tertiary/aromatic N) is 1. The summed E-state index contributed by atoms with van der Waals surface area (Å²) in [6.07, 6.45) is -3.53. The zero-order chi connectivity index (χ0) is 14.2. The summed E-state index contributed by atoms with van der Waals surface area (Å²) >= 11 is 0.367. The van der Waals surface area contributed by atoms with Gasteiger partial charge in [-0.2, -0.15) is 13.2 Å². The largest absolute Gasteiger partial charge is 0.443 e. The summed E-state index contributed by atoms with van der Waals surface area (Å²) < 4.78 is 37.3. The molecule has 0 saturated carbocycles. The molecule has 0 saturated heterocycles. The van der Waals surface area contributed by atoms with E-state index in [1.807, 2.05) is 13.8 Å². The number of carbonyl (C=O) groups is 1. The third kappa shape index (κ3) is 2.84. The number of aryl methyl sites for hydroxylation is 2. The van der Waals surface area contributed by atoms with Crippen molar-refractivity contribution in [2.24, 2.45) is 0 Å². The lowest BCUT2D eigenvalue weighted by Gasteiger charge is -2.03. The summed E-state index contributed by atoms with van der Waals surface area (Å²) in [5.74, 6) is -0.434. The van der Waals surface area contributed by atoms with Crippen LogP contribution in [0.15, 0.2) is 24.4 Å². The highest BCUT2D eigenvalue weighted by molar-refractivity contribution is 7.13. The van der Waals surface area contributed by atoms with Gasteiger partial charge in [0.2, 0.25) is 5.78 Å². The fraction of sp³-hybridized carbons (Fsp3) is 0.231. The Balaban J connectivity index is 2.34. The minimum Gasteiger partial charge on any atom is -0.288 e. The van der Waals surface area contributed by atoms with Crippen molar-refractivity contribution in [1.82, 2.24) is 4.98 Å². The predicted molar refractivity (Wildman–Crippen MR) is 66.5 cm³/mol. The summed E-state index contributed by atoms with van der Waals surface area (Å²) in [6, 6.07) is 5.05. The third-order valence-corrected chi connectivity index (χ3v) is 3.78. The van der Waals surface area contributed by atoms with E-state index in [1.165, 1.54) is 0 Å². The minimum atomic E-state index is -4.51. The molecular weight excluding hydrogens is 275 g/mol. The lowest BCUT2D eigenvalue weighted by Crippen LogP contribution is -2.03. The normalized spacial score (nSPS) is 11.6. The van der Waals surface area contributed by atoms with Crippen LogP contribution in [0.2, 0.25) is 0 Å². The quantitative estimate of drug-likeness (QED) is 0.780. The first-order valence-electron chi connectivity index (χ1n) is 5.44. The predicted octanol–water partition coefficient (Wildman–Crippen LogP) is 4.01. The first-order valence-corrected chi connectivity index (χ1v) is 6.25. The van der Waals surface area contributed by atoms with Crippen LogP contribution < -0.4 is 0 Å². The van der Waals surface area contributed by atoms with Crippen molar-refractivity contribution in [1.29, 1.82) is 0 Å². The highest BCUT2D eigenvalue weighted by Gasteiger charge is 2.35. The van der Waals surface area contributed by atoms with E-state index in [-0.39, 0.29) is 4.88 Å². The molecule has 2 rings (SSSR count). The summed E-state index contributed by atoms with van der Waals surface area (Å²) in [4.78, 5) is 15.3. The molecule has 0 fully saturated rings. The zero-order valence-corrected chi connectivity index (χ0v) is 11.0. The van der Waals surface area contributed by atoms with E-state index in [1.54, 1.807) is 18.2 Å². The summed E-state index contributed by atoms with van der Waals surface area (Å²) in [5, 5.41) is -1.00. The Morgan fingerprint density at radius 1 is 1.21 bits per heavy atom. The minimum absolute atomic E-state index is 0.00409. The molecule has 100 valence electrons. The van der Waals surface area contributed by atoms with Crippen molar-refractivity contribution in [2.45, 2.75) is 20.0 Å². The van der Waals surface area contributed by atoms with Crippen molar-refractivity contribution in [3.63, 3.8) is 0 Å². The number of rotatable bonds is 2. The number of hydrogen-bond donors (Lipinski definition) is 0. The highest BCUT2D eigenvalue weighted by Crippen LogP contribution is 2.33. The number of ketones is 1. The van der Waals surface area contributed by atoms with Crippen molar-refractivity contribution in [3.05, 3.63) is 51.0 Å². The molecule has 0 N–H and O–H groups in total. The molecule has 2 aromatic rings. The fourth-order valence-electron chi connectivity index (χ4n) is 1.54. The van der Waals surface area contributed by atoms with Crippen LogP contribution in [0.4, 0.5) is 13.2 Å². The van der Waals surface area contributed by atoms with Gasteiger partial charge in [0, 0.05) is 11.8 Å². The van der Waals surface area contributed by atoms with Crippen LogP contribution >= 0.6 is 11.3 Å². The van der Waals surface area contributed by atoms with E-state index in [0.29, 0.717) is 16.9 Å². The molecule has 0 unspecified atom stereocenters. The lowest BCUT2D eigenvalue weighted by atomic mass is 10.0. The average Bonchev–Trinajstić information content (AvgIpc) is 2.81. The molecule has 0 atom stereocenters. The van der Waals surface area contributed by atoms with Gasteiger partial charge < -0.3 is 0 Å². The first kappa shape index (κ1) is 13.7. The van der Waals surface area contributed by atoms with E-state index in [2.05, 4.69) is 4.98 Å². The van der Waals surface area contributed by atoms with Gasteiger partial charge in [-0.25, -0.2) is 4.98 Å². The van der Waals surface area contributed by atoms with Gasteiger partial charge in [0.1, 0.15) is 0 Å². The van der Waals surface area contributed by atoms with Gasteiger partial charge in [0.05, 0.1) is 4.88 Å². The van der Waals surface area contributed by atoms with Crippen molar-refractivity contribution in [3.8, 4) is 0 Å². The Bertz CT molecular complexity index is 631. The monoisotopic (exact) mass is 285 g/mol. The van der Waals surface area contributed by atoms with Crippen LogP contribution in [0, 0.1) is 13.8 Å². The second-order valence-corrected chi connectivity index (χ2v) is 5.19. The molecule has 0 aliphatic heterocycles. The summed E-state index contributed by atoms with van der Waals surface area (Å²) in [7, 11) is 0. The number of thiazole rings is 1. The van der Waals surface area contributed by atoms with Gasteiger partial charge >= 0.3 is 6.18 Å². The molecular formula is C13H10F3NOS. The van der Waals surface area contributed by atoms with Crippen molar-refractivity contribution < 1.29 is 18.0 Å². The van der Waals surface area contributed by atoms with Gasteiger partial charge in [-0.05, 0) is 31.0 Å². The number of alkyl halides is 3. The SMILES string of the molecule is Cc1ccc(C(=O)c2cnc(C(F)(F)F)s2)cc1C. The maximum atomic E-state index is 12.4. The van der Waals surface area contributed by atoms with Crippen LogP contribution in [-0.4, -0.2) is 10.8 Å². The first-order chi connectivity index (χ1) is 8.79. The molecule has 19 heavy (non-hydrogen) atoms. The number of aromatic nitrogens is 1. The van der Waals surface area contributed by atoms with Gasteiger partial charge in [0.15, 0.2) is 5.01 Å². The van der Waals surface area contributed by atoms with E-state index >= 15 is 0 Å².